The largest absolute Gasteiger partial charge is 0.384 e. The van der Waals surface area contributed by atoms with Crippen LogP contribution in [0.15, 0.2) is 0 Å². The third-order valence-electron chi connectivity index (χ3n) is 1.63. The zero-order chi connectivity index (χ0) is 13.5. The van der Waals surface area contributed by atoms with E-state index in [1.165, 1.54) is 12.8 Å². The van der Waals surface area contributed by atoms with Gasteiger partial charge in [-0.2, -0.15) is 0 Å². The predicted octanol–water partition coefficient (Wildman–Crippen LogP) is 2.71. The van der Waals surface area contributed by atoms with Crippen LogP contribution in [0.1, 0.15) is 40.5 Å². The average molecular weight is 238 g/mol. The van der Waals surface area contributed by atoms with Gasteiger partial charge in [-0.3, -0.25) is 0 Å². The topological polar surface area (TPSA) is 29.5 Å². The van der Waals surface area contributed by atoms with E-state index in [0.717, 1.165) is 13.2 Å². The van der Waals surface area contributed by atoms with Crippen LogP contribution >= 0.6 is 0 Å². The van der Waals surface area contributed by atoms with Gasteiger partial charge in [0.05, 0.1) is 0 Å². The lowest BCUT2D eigenvalue weighted by Crippen LogP contribution is -1.79. The van der Waals surface area contributed by atoms with Gasteiger partial charge in [0.2, 0.25) is 0 Å². The molecular formula is C15H26O2. The number of hydrogen-bond acceptors (Lipinski definition) is 2. The van der Waals surface area contributed by atoms with E-state index in [1.807, 2.05) is 27.7 Å². The molecule has 1 N–H and O–H groups in total. The van der Waals surface area contributed by atoms with Crippen molar-refractivity contribution < 1.29 is 9.84 Å². The summed E-state index contributed by atoms with van der Waals surface area (Å²) in [5, 5.41) is 8.14. The first-order chi connectivity index (χ1) is 8.04. The van der Waals surface area contributed by atoms with Gasteiger partial charge in [0.15, 0.2) is 0 Å². The van der Waals surface area contributed by atoms with Crippen LogP contribution in [0.25, 0.3) is 0 Å². The molecule has 1 aliphatic heterocycles. The van der Waals surface area contributed by atoms with Gasteiger partial charge in [0, 0.05) is 25.0 Å². The molecule has 2 heteroatoms. The molecule has 1 aliphatic rings. The molecule has 0 aromatic heterocycles. The third-order valence-corrected chi connectivity index (χ3v) is 1.63. The van der Waals surface area contributed by atoms with E-state index < -0.39 is 0 Å². The quantitative estimate of drug-likeness (QED) is 0.658. The number of aliphatic hydroxyl groups is 1. The van der Waals surface area contributed by atoms with Gasteiger partial charge >= 0.3 is 0 Å². The minimum Gasteiger partial charge on any atom is -0.384 e. The van der Waals surface area contributed by atoms with Crippen LogP contribution in [0.3, 0.4) is 0 Å². The van der Waals surface area contributed by atoms with Crippen molar-refractivity contribution in [1.82, 2.24) is 0 Å². The Kier molecular flexibility index (Phi) is 16.3. The molecular weight excluding hydrogens is 212 g/mol. The van der Waals surface area contributed by atoms with Crippen LogP contribution in [0.4, 0.5) is 0 Å². The van der Waals surface area contributed by atoms with E-state index in [0.29, 0.717) is 11.8 Å². The minimum absolute atomic E-state index is 0.0157. The lowest BCUT2D eigenvalue weighted by atomic mass is 10.2. The summed E-state index contributed by atoms with van der Waals surface area (Å²) in [4.78, 5) is 0. The smallest absolute Gasteiger partial charge is 0.104 e. The Morgan fingerprint density at radius 1 is 1.12 bits per heavy atom. The van der Waals surface area contributed by atoms with Gasteiger partial charge in [-0.05, 0) is 12.8 Å². The van der Waals surface area contributed by atoms with Crippen LogP contribution in [0, 0.1) is 36.0 Å². The molecule has 17 heavy (non-hydrogen) atoms. The van der Waals surface area contributed by atoms with E-state index in [-0.39, 0.29) is 6.61 Å². The van der Waals surface area contributed by atoms with Crippen molar-refractivity contribution >= 4 is 0 Å². The monoisotopic (exact) mass is 238 g/mol. The van der Waals surface area contributed by atoms with E-state index >= 15 is 0 Å². The number of ether oxygens (including phenoxy) is 1. The maximum absolute atomic E-state index is 8.14. The summed E-state index contributed by atoms with van der Waals surface area (Å²) >= 11 is 0. The van der Waals surface area contributed by atoms with Crippen molar-refractivity contribution in [2.75, 3.05) is 19.8 Å². The molecule has 0 spiro atoms. The number of hydrogen-bond donors (Lipinski definition) is 1. The summed E-state index contributed by atoms with van der Waals surface area (Å²) in [7, 11) is 0. The summed E-state index contributed by atoms with van der Waals surface area (Å²) in [5.74, 6) is 8.67. The fraction of sp³-hybridized carbons (Fsp3) is 0.733. The molecule has 0 bridgehead atoms. The second kappa shape index (κ2) is 15.0. The van der Waals surface area contributed by atoms with Crippen LogP contribution in [-0.2, 0) is 4.74 Å². The van der Waals surface area contributed by atoms with Crippen molar-refractivity contribution in [3.63, 3.8) is 0 Å². The molecule has 1 saturated heterocycles. The van der Waals surface area contributed by atoms with Crippen LogP contribution in [0.2, 0.25) is 0 Å². The Morgan fingerprint density at radius 2 is 1.59 bits per heavy atom. The highest BCUT2D eigenvalue weighted by molar-refractivity contribution is 5.00. The van der Waals surface area contributed by atoms with Crippen molar-refractivity contribution in [2.45, 2.75) is 40.5 Å². The van der Waals surface area contributed by atoms with Crippen LogP contribution < -0.4 is 0 Å². The molecule has 2 nitrogen and oxygen atoms in total. The average Bonchev–Trinajstić information content (AvgIpc) is 2.85. The molecule has 0 aromatic carbocycles. The molecule has 0 saturated carbocycles. The number of aliphatic hydroxyl groups excluding tert-OH is 1. The fourth-order valence-corrected chi connectivity index (χ4v) is 0.760. The molecule has 0 atom stereocenters. The van der Waals surface area contributed by atoms with Crippen molar-refractivity contribution in [2.24, 2.45) is 11.8 Å². The summed E-state index contributed by atoms with van der Waals surface area (Å²) in [5.41, 5.74) is 0. The Morgan fingerprint density at radius 3 is 1.71 bits per heavy atom. The molecule has 1 rings (SSSR count). The second-order valence-electron chi connectivity index (χ2n) is 4.27. The van der Waals surface area contributed by atoms with Crippen LogP contribution in [0.5, 0.6) is 0 Å². The molecule has 98 valence electrons. The van der Waals surface area contributed by atoms with Gasteiger partial charge in [-0.15, -0.1) is 12.3 Å². The lowest BCUT2D eigenvalue weighted by Gasteiger charge is -1.83. The Bertz CT molecular complexity index is 226. The van der Waals surface area contributed by atoms with Gasteiger partial charge in [-0.25, -0.2) is 0 Å². The first-order valence-electron chi connectivity index (χ1n) is 6.17. The fourth-order valence-electron chi connectivity index (χ4n) is 0.760. The highest BCUT2D eigenvalue weighted by Crippen LogP contribution is 1.98. The van der Waals surface area contributed by atoms with Gasteiger partial charge in [0.1, 0.15) is 6.61 Å². The maximum atomic E-state index is 8.14. The van der Waals surface area contributed by atoms with E-state index in [9.17, 15) is 0 Å². The Hall–Kier alpha value is -0.960. The second-order valence-corrected chi connectivity index (χ2v) is 4.27. The van der Waals surface area contributed by atoms with E-state index in [2.05, 4.69) is 17.8 Å². The lowest BCUT2D eigenvalue weighted by molar-refractivity contribution is 0.198. The summed E-state index contributed by atoms with van der Waals surface area (Å²) in [6, 6.07) is 0. The highest BCUT2D eigenvalue weighted by atomic mass is 16.5. The standard InChI is InChI=1S/C6H10O.C5H8.C4H8O/c1-6(2)4-3-5-7;1-4-5(2)3;1-2-4-5-3-1/h6-7H,5H2,1-2H3;1,5H,2-3H3;1-4H2. The SMILES string of the molecule is C#CC(C)C.C1CCOC1.CC(C)C#CCO. The van der Waals surface area contributed by atoms with Gasteiger partial charge < -0.3 is 9.84 Å². The first-order valence-corrected chi connectivity index (χ1v) is 6.17. The molecule has 0 aliphatic carbocycles. The molecule has 0 radical (unpaired) electrons. The molecule has 1 heterocycles. The van der Waals surface area contributed by atoms with Crippen molar-refractivity contribution in [1.29, 1.82) is 0 Å². The summed E-state index contributed by atoms with van der Waals surface area (Å²) in [6.45, 7) is 9.93. The number of rotatable bonds is 0. The third kappa shape index (κ3) is 25.4. The maximum Gasteiger partial charge on any atom is 0.104 e. The normalized spacial score (nSPS) is 12.6. The predicted molar refractivity (Wildman–Crippen MR) is 73.4 cm³/mol. The summed E-state index contributed by atoms with van der Waals surface area (Å²) < 4.78 is 4.94. The molecule has 1 fully saturated rings. The first kappa shape index (κ1) is 18.4. The summed E-state index contributed by atoms with van der Waals surface area (Å²) in [6.07, 6.45) is 7.48. The zero-order valence-corrected chi connectivity index (χ0v) is 11.6. The Balaban J connectivity index is 0. The zero-order valence-electron chi connectivity index (χ0n) is 11.6. The number of terminal acetylenes is 1. The van der Waals surface area contributed by atoms with Crippen LogP contribution in [-0.4, -0.2) is 24.9 Å². The van der Waals surface area contributed by atoms with E-state index in [1.54, 1.807) is 0 Å². The van der Waals surface area contributed by atoms with Gasteiger partial charge in [0.25, 0.3) is 0 Å². The van der Waals surface area contributed by atoms with E-state index in [4.69, 9.17) is 16.3 Å². The molecule has 0 unspecified atom stereocenters. The minimum atomic E-state index is -0.0157. The van der Waals surface area contributed by atoms with Crippen molar-refractivity contribution in [3.05, 3.63) is 0 Å². The Labute approximate surface area is 107 Å². The molecule has 0 amide bonds. The van der Waals surface area contributed by atoms with Gasteiger partial charge in [-0.1, -0.05) is 39.5 Å². The molecule has 0 aromatic rings. The van der Waals surface area contributed by atoms with Crippen molar-refractivity contribution in [3.8, 4) is 24.2 Å². The highest BCUT2D eigenvalue weighted by Gasteiger charge is 1.94.